The molecule has 0 heterocycles. The van der Waals surface area contributed by atoms with Crippen LogP contribution in [0.25, 0.3) is 0 Å². The molecule has 0 saturated heterocycles. The lowest BCUT2D eigenvalue weighted by atomic mass is 10.1. The quantitative estimate of drug-likeness (QED) is 0.207. The van der Waals surface area contributed by atoms with Crippen LogP contribution in [0.1, 0.15) is 28.4 Å². The highest BCUT2D eigenvalue weighted by molar-refractivity contribution is 14.1. The molecule has 4 aromatic carbocycles. The van der Waals surface area contributed by atoms with Crippen LogP contribution in [0.3, 0.4) is 0 Å². The smallest absolute Gasteiger partial charge is 0.255 e. The summed E-state index contributed by atoms with van der Waals surface area (Å²) in [4.78, 5) is 13.0. The Kier molecular flexibility index (Phi) is 8.26. The summed E-state index contributed by atoms with van der Waals surface area (Å²) in [6.45, 7) is 4.82. The molecule has 0 aromatic heterocycles. The maximum atomic E-state index is 13.0. The average molecular weight is 579 g/mol. The van der Waals surface area contributed by atoms with Crippen LogP contribution in [0.5, 0.6) is 23.0 Å². The first-order valence-corrected chi connectivity index (χ1v) is 12.4. The number of benzene rings is 4. The summed E-state index contributed by atoms with van der Waals surface area (Å²) in [6, 6.07) is 28.6. The van der Waals surface area contributed by atoms with Crippen molar-refractivity contribution in [2.24, 2.45) is 0 Å². The van der Waals surface area contributed by atoms with Crippen LogP contribution in [0, 0.1) is 10.5 Å². The summed E-state index contributed by atoms with van der Waals surface area (Å²) in [5.41, 5.74) is 3.39. The highest BCUT2D eigenvalue weighted by Crippen LogP contribution is 2.35. The molecule has 0 aliphatic heterocycles. The molecule has 1 amide bonds. The van der Waals surface area contributed by atoms with Crippen molar-refractivity contribution in [1.82, 2.24) is 0 Å². The Morgan fingerprint density at radius 1 is 0.857 bits per heavy atom. The van der Waals surface area contributed by atoms with Gasteiger partial charge in [0.15, 0.2) is 11.5 Å². The molecule has 0 fully saturated rings. The van der Waals surface area contributed by atoms with Crippen LogP contribution in [-0.2, 0) is 6.61 Å². The van der Waals surface area contributed by atoms with Gasteiger partial charge in [0.25, 0.3) is 5.91 Å². The van der Waals surface area contributed by atoms with Crippen LogP contribution in [0.2, 0.25) is 0 Å². The molecule has 0 unspecified atom stereocenters. The molecule has 0 atom stereocenters. The van der Waals surface area contributed by atoms with Gasteiger partial charge in [-0.05, 0) is 90.5 Å². The van der Waals surface area contributed by atoms with Gasteiger partial charge in [-0.15, -0.1) is 0 Å². The molecular weight excluding hydrogens is 553 g/mol. The Morgan fingerprint density at radius 2 is 1.51 bits per heavy atom. The summed E-state index contributed by atoms with van der Waals surface area (Å²) in [7, 11) is 0. The van der Waals surface area contributed by atoms with E-state index in [2.05, 4.69) is 27.9 Å². The van der Waals surface area contributed by atoms with Gasteiger partial charge in [0.05, 0.1) is 10.2 Å². The third-order valence-corrected chi connectivity index (χ3v) is 5.97. The number of halogens is 1. The van der Waals surface area contributed by atoms with Crippen LogP contribution < -0.4 is 19.5 Å². The molecule has 178 valence electrons. The van der Waals surface area contributed by atoms with Gasteiger partial charge in [-0.2, -0.15) is 0 Å². The largest absolute Gasteiger partial charge is 0.490 e. The molecule has 6 heteroatoms. The summed E-state index contributed by atoms with van der Waals surface area (Å²) in [6.07, 6.45) is 0. The topological polar surface area (TPSA) is 56.8 Å². The number of carbonyl (C=O) groups excluding carboxylic acids is 1. The SMILES string of the molecule is CCOc1cc(C(=O)Nc2ccc(Oc3ccc(C)cc3)cc2)cc(I)c1OCc1ccccc1. The Morgan fingerprint density at radius 3 is 2.17 bits per heavy atom. The van der Waals surface area contributed by atoms with Crippen molar-refractivity contribution in [1.29, 1.82) is 0 Å². The number of rotatable bonds is 9. The van der Waals surface area contributed by atoms with Gasteiger partial charge < -0.3 is 19.5 Å². The van der Waals surface area contributed by atoms with E-state index in [-0.39, 0.29) is 5.91 Å². The Labute approximate surface area is 219 Å². The number of hydrogen-bond acceptors (Lipinski definition) is 4. The lowest BCUT2D eigenvalue weighted by Crippen LogP contribution is -2.13. The molecule has 0 bridgehead atoms. The predicted molar refractivity (Wildman–Crippen MR) is 147 cm³/mol. The van der Waals surface area contributed by atoms with Crippen molar-refractivity contribution in [3.63, 3.8) is 0 Å². The zero-order valence-electron chi connectivity index (χ0n) is 19.6. The minimum absolute atomic E-state index is 0.231. The third kappa shape index (κ3) is 6.76. The highest BCUT2D eigenvalue weighted by atomic mass is 127. The number of nitrogens with one attached hydrogen (secondary N) is 1. The predicted octanol–water partition coefficient (Wildman–Crippen LogP) is 7.62. The lowest BCUT2D eigenvalue weighted by molar-refractivity contribution is 0.102. The molecule has 0 spiro atoms. The van der Waals surface area contributed by atoms with Crippen molar-refractivity contribution in [3.8, 4) is 23.0 Å². The van der Waals surface area contributed by atoms with Crippen LogP contribution in [-0.4, -0.2) is 12.5 Å². The summed E-state index contributed by atoms with van der Waals surface area (Å²) < 4.78 is 18.5. The van der Waals surface area contributed by atoms with Gasteiger partial charge in [-0.3, -0.25) is 4.79 Å². The highest BCUT2D eigenvalue weighted by Gasteiger charge is 2.17. The van der Waals surface area contributed by atoms with E-state index in [4.69, 9.17) is 14.2 Å². The van der Waals surface area contributed by atoms with Gasteiger partial charge in [0, 0.05) is 11.3 Å². The Hall–Kier alpha value is -3.52. The van der Waals surface area contributed by atoms with Gasteiger partial charge in [0.2, 0.25) is 0 Å². The fourth-order valence-corrected chi connectivity index (χ4v) is 4.14. The summed E-state index contributed by atoms with van der Waals surface area (Å²) >= 11 is 2.17. The molecule has 35 heavy (non-hydrogen) atoms. The van der Waals surface area contributed by atoms with E-state index in [0.717, 1.165) is 14.9 Å². The molecule has 1 N–H and O–H groups in total. The maximum absolute atomic E-state index is 13.0. The molecule has 0 aliphatic carbocycles. The van der Waals surface area contributed by atoms with Crippen LogP contribution >= 0.6 is 22.6 Å². The zero-order valence-corrected chi connectivity index (χ0v) is 21.7. The van der Waals surface area contributed by atoms with E-state index < -0.39 is 0 Å². The van der Waals surface area contributed by atoms with E-state index in [9.17, 15) is 4.79 Å². The number of hydrogen-bond donors (Lipinski definition) is 1. The normalized spacial score (nSPS) is 10.5. The van der Waals surface area contributed by atoms with Crippen molar-refractivity contribution in [2.75, 3.05) is 11.9 Å². The van der Waals surface area contributed by atoms with Crippen LogP contribution in [0.15, 0.2) is 91.0 Å². The van der Waals surface area contributed by atoms with Gasteiger partial charge in [0.1, 0.15) is 18.1 Å². The number of amides is 1. The number of ether oxygens (including phenoxy) is 3. The number of aryl methyl sites for hydroxylation is 1. The van der Waals surface area contributed by atoms with Crippen molar-refractivity contribution in [2.45, 2.75) is 20.5 Å². The Balaban J connectivity index is 1.45. The van der Waals surface area contributed by atoms with Gasteiger partial charge >= 0.3 is 0 Å². The van der Waals surface area contributed by atoms with E-state index >= 15 is 0 Å². The third-order valence-electron chi connectivity index (χ3n) is 5.17. The number of anilines is 1. The first kappa shape index (κ1) is 24.6. The average Bonchev–Trinajstić information content (AvgIpc) is 2.87. The van der Waals surface area contributed by atoms with E-state index in [1.165, 1.54) is 5.56 Å². The van der Waals surface area contributed by atoms with Crippen molar-refractivity contribution in [3.05, 3.63) is 111 Å². The van der Waals surface area contributed by atoms with E-state index in [1.54, 1.807) is 12.1 Å². The van der Waals surface area contributed by atoms with Gasteiger partial charge in [-0.1, -0.05) is 48.0 Å². The monoisotopic (exact) mass is 579 g/mol. The van der Waals surface area contributed by atoms with Crippen molar-refractivity contribution < 1.29 is 19.0 Å². The van der Waals surface area contributed by atoms with Gasteiger partial charge in [-0.25, -0.2) is 0 Å². The second kappa shape index (κ2) is 11.8. The molecule has 0 aliphatic rings. The van der Waals surface area contributed by atoms with E-state index in [1.807, 2.05) is 92.7 Å². The Bertz CT molecular complexity index is 1270. The summed E-state index contributed by atoms with van der Waals surface area (Å²) in [5, 5.41) is 2.94. The lowest BCUT2D eigenvalue weighted by Gasteiger charge is -2.16. The number of carbonyl (C=O) groups is 1. The molecule has 5 nitrogen and oxygen atoms in total. The standard InChI is InChI=1S/C29H26INO4/c1-3-33-27-18-22(17-26(30)28(27)34-19-21-7-5-4-6-8-21)29(32)31-23-11-15-25(16-12-23)35-24-13-9-20(2)10-14-24/h4-18H,3,19H2,1-2H3,(H,31,32). The molecule has 4 aromatic rings. The molecule has 4 rings (SSSR count). The van der Waals surface area contributed by atoms with Crippen molar-refractivity contribution >= 4 is 34.2 Å². The van der Waals surface area contributed by atoms with Crippen LogP contribution in [0.4, 0.5) is 5.69 Å². The minimum atomic E-state index is -0.231. The minimum Gasteiger partial charge on any atom is -0.490 e. The molecule has 0 radical (unpaired) electrons. The first-order chi connectivity index (χ1) is 17.0. The molecule has 0 saturated carbocycles. The zero-order chi connectivity index (χ0) is 24.6. The first-order valence-electron chi connectivity index (χ1n) is 11.3. The fraction of sp³-hybridized carbons (Fsp3) is 0.138. The van der Waals surface area contributed by atoms with E-state index in [0.29, 0.717) is 41.7 Å². The molecular formula is C29H26INO4. The fourth-order valence-electron chi connectivity index (χ4n) is 3.38. The second-order valence-electron chi connectivity index (χ2n) is 7.89. The second-order valence-corrected chi connectivity index (χ2v) is 9.05. The summed E-state index contributed by atoms with van der Waals surface area (Å²) in [5.74, 6) is 2.40. The maximum Gasteiger partial charge on any atom is 0.255 e.